The maximum atomic E-state index is 5.47. The Morgan fingerprint density at radius 2 is 1.93 bits per heavy atom. The molecule has 5 heteroatoms. The number of hydrogen-bond donors (Lipinski definition) is 0. The summed E-state index contributed by atoms with van der Waals surface area (Å²) in [6.45, 7) is 7.86. The highest BCUT2D eigenvalue weighted by Crippen LogP contribution is 2.22. The van der Waals surface area contributed by atoms with Crippen LogP contribution in [0.5, 0.6) is 5.75 Å². The smallest absolute Gasteiger partial charge is 0.122 e. The van der Waals surface area contributed by atoms with Gasteiger partial charge >= 0.3 is 0 Å². The highest BCUT2D eigenvalue weighted by atomic mass is 16.5. The normalized spacial score (nSPS) is 16.2. The molecule has 1 aromatic carbocycles. The number of aromatic nitrogens is 2. The maximum absolute atomic E-state index is 5.47. The lowest BCUT2D eigenvalue weighted by atomic mass is 9.95. The summed E-state index contributed by atoms with van der Waals surface area (Å²) in [6.07, 6.45) is 5.66. The molecule has 0 amide bonds. The van der Waals surface area contributed by atoms with Crippen LogP contribution in [0, 0.1) is 12.8 Å². The van der Waals surface area contributed by atoms with Crippen LogP contribution in [0.15, 0.2) is 30.5 Å². The SMILES string of the molecule is COc1ccccc1CCN1CCC(CN(C)Cc2cnn(C)c2C)CC1. The number of aryl methyl sites for hydroxylation is 1. The van der Waals surface area contributed by atoms with E-state index in [1.807, 2.05) is 24.0 Å². The number of hydrogen-bond acceptors (Lipinski definition) is 4. The molecule has 2 aromatic rings. The van der Waals surface area contributed by atoms with E-state index >= 15 is 0 Å². The molecule has 0 bridgehead atoms. The Bertz CT molecular complexity index is 719. The van der Waals surface area contributed by atoms with Crippen LogP contribution in [-0.4, -0.2) is 59.9 Å². The monoisotopic (exact) mass is 370 g/mol. The van der Waals surface area contributed by atoms with Crippen molar-refractivity contribution in [2.24, 2.45) is 13.0 Å². The Morgan fingerprint density at radius 3 is 2.59 bits per heavy atom. The first-order valence-corrected chi connectivity index (χ1v) is 10.1. The van der Waals surface area contributed by atoms with Gasteiger partial charge in [-0.15, -0.1) is 0 Å². The third kappa shape index (κ3) is 5.33. The Kier molecular flexibility index (Phi) is 6.91. The van der Waals surface area contributed by atoms with Gasteiger partial charge in [0.2, 0.25) is 0 Å². The predicted octanol–water partition coefficient (Wildman–Crippen LogP) is 3.12. The van der Waals surface area contributed by atoms with Crippen molar-refractivity contribution >= 4 is 0 Å². The minimum absolute atomic E-state index is 0.800. The molecule has 0 radical (unpaired) electrons. The number of para-hydroxylation sites is 1. The lowest BCUT2D eigenvalue weighted by Gasteiger charge is -2.34. The number of nitrogens with zero attached hydrogens (tertiary/aromatic N) is 4. The van der Waals surface area contributed by atoms with E-state index in [4.69, 9.17) is 4.74 Å². The molecular formula is C22H34N4O. The molecule has 0 aliphatic carbocycles. The first-order valence-electron chi connectivity index (χ1n) is 10.1. The van der Waals surface area contributed by atoms with Crippen LogP contribution < -0.4 is 4.74 Å². The largest absolute Gasteiger partial charge is 0.496 e. The first-order chi connectivity index (χ1) is 13.1. The van der Waals surface area contributed by atoms with E-state index in [0.717, 1.165) is 31.2 Å². The van der Waals surface area contributed by atoms with E-state index < -0.39 is 0 Å². The number of ether oxygens (including phenoxy) is 1. The number of benzene rings is 1. The van der Waals surface area contributed by atoms with E-state index in [-0.39, 0.29) is 0 Å². The molecule has 0 spiro atoms. The van der Waals surface area contributed by atoms with Gasteiger partial charge in [0.15, 0.2) is 0 Å². The number of piperidine rings is 1. The van der Waals surface area contributed by atoms with Gasteiger partial charge in [0.25, 0.3) is 0 Å². The Hall–Kier alpha value is -1.85. The van der Waals surface area contributed by atoms with Gasteiger partial charge in [0.05, 0.1) is 13.3 Å². The van der Waals surface area contributed by atoms with Crippen LogP contribution in [0.2, 0.25) is 0 Å². The van der Waals surface area contributed by atoms with Crippen molar-refractivity contribution in [3.8, 4) is 5.75 Å². The average Bonchev–Trinajstić information content (AvgIpc) is 2.99. The van der Waals surface area contributed by atoms with Gasteiger partial charge in [-0.25, -0.2) is 0 Å². The number of rotatable bonds is 8. The van der Waals surface area contributed by atoms with Crippen molar-refractivity contribution in [2.75, 3.05) is 40.3 Å². The van der Waals surface area contributed by atoms with Crippen LogP contribution in [0.1, 0.15) is 29.7 Å². The van der Waals surface area contributed by atoms with E-state index in [9.17, 15) is 0 Å². The molecule has 0 N–H and O–H groups in total. The quantitative estimate of drug-likeness (QED) is 0.715. The first kappa shape index (κ1) is 19.9. The number of likely N-dealkylation sites (tertiary alicyclic amines) is 1. The minimum atomic E-state index is 0.800. The van der Waals surface area contributed by atoms with Gasteiger partial charge in [-0.05, 0) is 63.9 Å². The highest BCUT2D eigenvalue weighted by Gasteiger charge is 2.21. The lowest BCUT2D eigenvalue weighted by Crippen LogP contribution is -2.38. The number of methoxy groups -OCH3 is 1. The van der Waals surface area contributed by atoms with E-state index in [1.165, 1.54) is 49.3 Å². The molecule has 1 saturated heterocycles. The second-order valence-corrected chi connectivity index (χ2v) is 7.92. The lowest BCUT2D eigenvalue weighted by molar-refractivity contribution is 0.153. The third-order valence-electron chi connectivity index (χ3n) is 5.94. The molecule has 2 heterocycles. The second-order valence-electron chi connectivity index (χ2n) is 7.92. The van der Waals surface area contributed by atoms with Crippen LogP contribution in [0.4, 0.5) is 0 Å². The van der Waals surface area contributed by atoms with E-state index in [0.29, 0.717) is 0 Å². The van der Waals surface area contributed by atoms with Crippen molar-refractivity contribution in [2.45, 2.75) is 32.7 Å². The topological polar surface area (TPSA) is 33.5 Å². The Balaban J connectivity index is 1.40. The van der Waals surface area contributed by atoms with Crippen molar-refractivity contribution < 1.29 is 4.74 Å². The van der Waals surface area contributed by atoms with Crippen LogP contribution in [-0.2, 0) is 20.0 Å². The van der Waals surface area contributed by atoms with Crippen LogP contribution in [0.25, 0.3) is 0 Å². The van der Waals surface area contributed by atoms with Crippen LogP contribution in [0.3, 0.4) is 0 Å². The Morgan fingerprint density at radius 1 is 1.19 bits per heavy atom. The molecule has 1 aliphatic heterocycles. The van der Waals surface area contributed by atoms with E-state index in [1.54, 1.807) is 7.11 Å². The maximum Gasteiger partial charge on any atom is 0.122 e. The fourth-order valence-corrected chi connectivity index (χ4v) is 4.08. The summed E-state index contributed by atoms with van der Waals surface area (Å²) in [6, 6.07) is 8.38. The molecule has 1 aliphatic rings. The molecule has 1 fully saturated rings. The zero-order chi connectivity index (χ0) is 19.2. The molecule has 3 rings (SSSR count). The summed E-state index contributed by atoms with van der Waals surface area (Å²) in [5.74, 6) is 1.81. The van der Waals surface area contributed by atoms with Crippen LogP contribution >= 0.6 is 0 Å². The molecule has 0 unspecified atom stereocenters. The standard InChI is InChI=1S/C22H34N4O/c1-18-21(15-23-25(18)3)17-24(2)16-19-9-12-26(13-10-19)14-11-20-7-5-6-8-22(20)27-4/h5-8,15,19H,9-14,16-17H2,1-4H3. The van der Waals surface area contributed by atoms with Crippen molar-refractivity contribution in [3.05, 3.63) is 47.3 Å². The molecule has 0 saturated carbocycles. The molecule has 148 valence electrons. The van der Waals surface area contributed by atoms with Gasteiger partial charge < -0.3 is 14.5 Å². The molecule has 0 atom stereocenters. The van der Waals surface area contributed by atoms with Gasteiger partial charge in [-0.1, -0.05) is 18.2 Å². The summed E-state index contributed by atoms with van der Waals surface area (Å²) in [4.78, 5) is 5.06. The van der Waals surface area contributed by atoms with Gasteiger partial charge in [0.1, 0.15) is 5.75 Å². The second kappa shape index (κ2) is 9.38. The molecular weight excluding hydrogens is 336 g/mol. The predicted molar refractivity (Wildman–Crippen MR) is 110 cm³/mol. The zero-order valence-corrected chi connectivity index (χ0v) is 17.3. The summed E-state index contributed by atoms with van der Waals surface area (Å²) >= 11 is 0. The van der Waals surface area contributed by atoms with Gasteiger partial charge in [-0.2, -0.15) is 5.10 Å². The van der Waals surface area contributed by atoms with Gasteiger partial charge in [0, 0.05) is 37.9 Å². The highest BCUT2D eigenvalue weighted by molar-refractivity contribution is 5.33. The van der Waals surface area contributed by atoms with Crippen molar-refractivity contribution in [1.29, 1.82) is 0 Å². The summed E-state index contributed by atoms with van der Waals surface area (Å²) in [5, 5.41) is 4.36. The molecule has 1 aromatic heterocycles. The fraction of sp³-hybridized carbons (Fsp3) is 0.591. The average molecular weight is 371 g/mol. The summed E-state index contributed by atoms with van der Waals surface area (Å²) in [5.41, 5.74) is 3.93. The summed E-state index contributed by atoms with van der Waals surface area (Å²) in [7, 11) is 6.01. The van der Waals surface area contributed by atoms with E-state index in [2.05, 4.69) is 47.1 Å². The fourth-order valence-electron chi connectivity index (χ4n) is 4.08. The molecule has 27 heavy (non-hydrogen) atoms. The minimum Gasteiger partial charge on any atom is -0.496 e. The zero-order valence-electron chi connectivity index (χ0n) is 17.3. The third-order valence-corrected chi connectivity index (χ3v) is 5.94. The Labute approximate surface area is 163 Å². The van der Waals surface area contributed by atoms with Crippen molar-refractivity contribution in [1.82, 2.24) is 19.6 Å². The van der Waals surface area contributed by atoms with Crippen molar-refractivity contribution in [3.63, 3.8) is 0 Å². The summed E-state index contributed by atoms with van der Waals surface area (Å²) < 4.78 is 7.44. The molecule has 5 nitrogen and oxygen atoms in total. The van der Waals surface area contributed by atoms with Gasteiger partial charge in [-0.3, -0.25) is 4.68 Å².